The van der Waals surface area contributed by atoms with E-state index in [1.54, 1.807) is 0 Å². The maximum atomic E-state index is 6.63. The molecular weight excluding hydrogens is 552 g/mol. The Bertz CT molecular complexity index is 2600. The smallest absolute Gasteiger partial charge is 0.147 e. The highest BCUT2D eigenvalue weighted by molar-refractivity contribution is 6.24. The minimum Gasteiger partial charge on any atom is -0.455 e. The molecule has 45 heavy (non-hydrogen) atoms. The lowest BCUT2D eigenvalue weighted by Crippen LogP contribution is -2.15. The van der Waals surface area contributed by atoms with E-state index in [1.807, 2.05) is 36.5 Å². The molecule has 1 aliphatic rings. The number of aromatic nitrogens is 2. The summed E-state index contributed by atoms with van der Waals surface area (Å²) in [6, 6.07) is 40.3. The number of fused-ring (bicyclic) bond motifs is 10. The maximum absolute atomic E-state index is 6.63. The molecule has 10 rings (SSSR count). The molecule has 4 heteroatoms. The van der Waals surface area contributed by atoms with Crippen LogP contribution < -0.4 is 0 Å². The molecule has 0 atom stereocenters. The molecule has 0 amide bonds. The van der Waals surface area contributed by atoms with Gasteiger partial charge >= 0.3 is 0 Å². The lowest BCUT2D eigenvalue weighted by atomic mass is 9.83. The molecule has 0 bridgehead atoms. The Balaban J connectivity index is 1.27. The molecule has 4 nitrogen and oxygen atoms in total. The number of benzene rings is 5. The minimum absolute atomic E-state index is 0.139. The maximum Gasteiger partial charge on any atom is 0.147 e. The van der Waals surface area contributed by atoms with Crippen molar-refractivity contribution in [3.05, 3.63) is 133 Å². The van der Waals surface area contributed by atoms with Crippen molar-refractivity contribution >= 4 is 54.6 Å². The summed E-state index contributed by atoms with van der Waals surface area (Å²) < 4.78 is 13.3. The summed E-state index contributed by atoms with van der Waals surface area (Å²) in [7, 11) is 0. The summed E-state index contributed by atoms with van der Waals surface area (Å²) in [6.07, 6.45) is 1.86. The second kappa shape index (κ2) is 8.67. The SMILES string of the molecule is CC1(C)c2cccnc2-c2nc(-c3ccc(-c4c5oc6ccccc6c5cc5c4oc4ccccc45)c4ccccc34)ccc21. The molecule has 0 unspecified atom stereocenters. The van der Waals surface area contributed by atoms with Crippen LogP contribution in [0, 0.1) is 0 Å². The number of hydrogen-bond donors (Lipinski definition) is 0. The number of pyridine rings is 2. The third-order valence-electron chi connectivity index (χ3n) is 9.75. The van der Waals surface area contributed by atoms with E-state index in [2.05, 4.69) is 98.8 Å². The normalized spacial score (nSPS) is 13.7. The lowest BCUT2D eigenvalue weighted by molar-refractivity contribution is 0.657. The van der Waals surface area contributed by atoms with Gasteiger partial charge in [-0.15, -0.1) is 0 Å². The first-order valence-corrected chi connectivity index (χ1v) is 15.3. The number of para-hydroxylation sites is 2. The molecule has 1 aliphatic carbocycles. The fourth-order valence-corrected chi connectivity index (χ4v) is 7.56. The van der Waals surface area contributed by atoms with Crippen molar-refractivity contribution in [2.45, 2.75) is 19.3 Å². The van der Waals surface area contributed by atoms with Gasteiger partial charge in [0.05, 0.1) is 22.6 Å². The molecule has 0 fully saturated rings. The second-order valence-electron chi connectivity index (χ2n) is 12.5. The molecule has 4 heterocycles. The van der Waals surface area contributed by atoms with Crippen molar-refractivity contribution in [2.75, 3.05) is 0 Å². The summed E-state index contributed by atoms with van der Waals surface area (Å²) in [5.41, 5.74) is 11.7. The summed E-state index contributed by atoms with van der Waals surface area (Å²) in [5.74, 6) is 0. The van der Waals surface area contributed by atoms with Crippen molar-refractivity contribution in [3.8, 4) is 33.8 Å². The van der Waals surface area contributed by atoms with Gasteiger partial charge in [-0.3, -0.25) is 4.98 Å². The van der Waals surface area contributed by atoms with Crippen molar-refractivity contribution < 1.29 is 8.83 Å². The Kier molecular flexibility index (Phi) is 4.76. The van der Waals surface area contributed by atoms with Gasteiger partial charge < -0.3 is 8.83 Å². The topological polar surface area (TPSA) is 52.1 Å². The number of nitrogens with zero attached hydrogens (tertiary/aromatic N) is 2. The molecule has 0 spiro atoms. The van der Waals surface area contributed by atoms with Crippen molar-refractivity contribution in [2.24, 2.45) is 0 Å². The summed E-state index contributed by atoms with van der Waals surface area (Å²) in [4.78, 5) is 10.0. The van der Waals surface area contributed by atoms with Gasteiger partial charge in [0.1, 0.15) is 22.3 Å². The first-order chi connectivity index (χ1) is 22.1. The monoisotopic (exact) mass is 578 g/mol. The molecule has 5 aromatic carbocycles. The number of hydrogen-bond acceptors (Lipinski definition) is 4. The Morgan fingerprint density at radius 2 is 1.09 bits per heavy atom. The van der Waals surface area contributed by atoms with Gasteiger partial charge in [-0.25, -0.2) is 4.98 Å². The van der Waals surface area contributed by atoms with E-state index in [9.17, 15) is 0 Å². The van der Waals surface area contributed by atoms with E-state index in [0.29, 0.717) is 0 Å². The van der Waals surface area contributed by atoms with E-state index >= 15 is 0 Å². The zero-order valence-corrected chi connectivity index (χ0v) is 24.8. The predicted octanol–water partition coefficient (Wildman–Crippen LogP) is 11.1. The van der Waals surface area contributed by atoms with Crippen molar-refractivity contribution in [1.29, 1.82) is 0 Å². The molecule has 4 aromatic heterocycles. The highest BCUT2D eigenvalue weighted by Crippen LogP contribution is 2.49. The van der Waals surface area contributed by atoms with Crippen LogP contribution in [0.4, 0.5) is 0 Å². The van der Waals surface area contributed by atoms with Gasteiger partial charge in [-0.05, 0) is 57.8 Å². The fraction of sp³-hybridized carbons (Fsp3) is 0.0732. The Morgan fingerprint density at radius 1 is 0.511 bits per heavy atom. The Labute approximate surface area is 258 Å². The van der Waals surface area contributed by atoms with Gasteiger partial charge in [-0.2, -0.15) is 0 Å². The van der Waals surface area contributed by atoms with E-state index in [-0.39, 0.29) is 5.41 Å². The number of rotatable bonds is 2. The van der Waals surface area contributed by atoms with E-state index in [1.165, 1.54) is 11.1 Å². The highest BCUT2D eigenvalue weighted by Gasteiger charge is 2.37. The molecule has 212 valence electrons. The average Bonchev–Trinajstić information content (AvgIpc) is 3.71. The van der Waals surface area contributed by atoms with Crippen LogP contribution in [0.3, 0.4) is 0 Å². The summed E-state index contributed by atoms with van der Waals surface area (Å²) >= 11 is 0. The molecule has 0 saturated carbocycles. The molecule has 9 aromatic rings. The third kappa shape index (κ3) is 3.26. The quantitative estimate of drug-likeness (QED) is 0.205. The largest absolute Gasteiger partial charge is 0.455 e. The summed E-state index contributed by atoms with van der Waals surface area (Å²) in [6.45, 7) is 4.50. The summed E-state index contributed by atoms with van der Waals surface area (Å²) in [5, 5.41) is 6.61. The molecule has 0 N–H and O–H groups in total. The van der Waals surface area contributed by atoms with Gasteiger partial charge in [0.2, 0.25) is 0 Å². The van der Waals surface area contributed by atoms with E-state index in [0.717, 1.165) is 88.4 Å². The van der Waals surface area contributed by atoms with Crippen LogP contribution in [0.1, 0.15) is 25.0 Å². The zero-order valence-electron chi connectivity index (χ0n) is 24.8. The number of furan rings is 2. The van der Waals surface area contributed by atoms with Crippen LogP contribution in [0.5, 0.6) is 0 Å². The van der Waals surface area contributed by atoms with Gasteiger partial charge in [-0.1, -0.05) is 98.8 Å². The lowest BCUT2D eigenvalue weighted by Gasteiger charge is -2.20. The van der Waals surface area contributed by atoms with Crippen LogP contribution in [-0.2, 0) is 5.41 Å². The third-order valence-corrected chi connectivity index (χ3v) is 9.75. The van der Waals surface area contributed by atoms with Crippen molar-refractivity contribution in [3.63, 3.8) is 0 Å². The first-order valence-electron chi connectivity index (χ1n) is 15.3. The molecule has 0 radical (unpaired) electrons. The van der Waals surface area contributed by atoms with E-state index < -0.39 is 0 Å². The van der Waals surface area contributed by atoms with Gasteiger partial charge in [0.25, 0.3) is 0 Å². The minimum atomic E-state index is -0.139. The first kappa shape index (κ1) is 24.7. The van der Waals surface area contributed by atoms with Crippen LogP contribution in [0.15, 0.2) is 130 Å². The highest BCUT2D eigenvalue weighted by atomic mass is 16.3. The van der Waals surface area contributed by atoms with Crippen LogP contribution in [-0.4, -0.2) is 9.97 Å². The Morgan fingerprint density at radius 3 is 1.78 bits per heavy atom. The average molecular weight is 579 g/mol. The van der Waals surface area contributed by atoms with Crippen LogP contribution in [0.2, 0.25) is 0 Å². The van der Waals surface area contributed by atoms with Crippen LogP contribution in [0.25, 0.3) is 88.4 Å². The van der Waals surface area contributed by atoms with Gasteiger partial charge in [0, 0.05) is 38.7 Å². The molecular formula is C41H26N2O2. The second-order valence-corrected chi connectivity index (χ2v) is 12.5. The standard InChI is InChI=1S/C41H26N2O2/c1-41(2)31-14-9-21-42-37(31)38-32(41)19-20-33(43-38)25-17-18-28(24-11-4-3-10-23(24)25)36-39-29(26-12-5-7-15-34(26)44-39)22-30-27-13-6-8-16-35(27)45-40(30)36/h3-22H,1-2H3. The Hall–Kier alpha value is -5.74. The van der Waals surface area contributed by atoms with Crippen molar-refractivity contribution in [1.82, 2.24) is 9.97 Å². The molecule has 0 aliphatic heterocycles. The predicted molar refractivity (Wildman–Crippen MR) is 183 cm³/mol. The zero-order chi connectivity index (χ0) is 29.9. The molecule has 0 saturated heterocycles. The van der Waals surface area contributed by atoms with E-state index in [4.69, 9.17) is 18.8 Å². The van der Waals surface area contributed by atoms with Crippen LogP contribution >= 0.6 is 0 Å². The van der Waals surface area contributed by atoms with Gasteiger partial charge in [0.15, 0.2) is 0 Å². The fourth-order valence-electron chi connectivity index (χ4n) is 7.56.